The molecule has 2 unspecified atom stereocenters. The molecule has 2 N–H and O–H groups in total. The largest absolute Gasteiger partial charge is 0.494 e. The molecule has 0 saturated heterocycles. The lowest BCUT2D eigenvalue weighted by Crippen LogP contribution is -2.16. The molecule has 0 aromatic heterocycles. The summed E-state index contributed by atoms with van der Waals surface area (Å²) in [5.74, 6) is 1.12. The molecule has 0 fully saturated rings. The Labute approximate surface area is 109 Å². The fourth-order valence-corrected chi connectivity index (χ4v) is 2.56. The summed E-state index contributed by atoms with van der Waals surface area (Å²) < 4.78 is 5.52. The van der Waals surface area contributed by atoms with E-state index in [1.165, 1.54) is 16.7 Å². The van der Waals surface area contributed by atoms with E-state index in [-0.39, 0.29) is 12.5 Å². The van der Waals surface area contributed by atoms with E-state index in [0.717, 1.165) is 5.75 Å². The molecule has 1 rings (SSSR count). The summed E-state index contributed by atoms with van der Waals surface area (Å²) in [5, 5.41) is 18.4. The number of benzene rings is 1. The number of hydrogen-bond acceptors (Lipinski definition) is 3. The minimum atomic E-state index is -0.648. The Balaban J connectivity index is 2.95. The van der Waals surface area contributed by atoms with Crippen LogP contribution in [0, 0.1) is 13.8 Å². The highest BCUT2D eigenvalue weighted by Gasteiger charge is 2.16. The highest BCUT2D eigenvalue weighted by atomic mass is 16.5. The Morgan fingerprint density at radius 2 is 1.78 bits per heavy atom. The van der Waals surface area contributed by atoms with Crippen molar-refractivity contribution in [2.24, 2.45) is 0 Å². The SMILES string of the molecule is CCOc1cc(C)c(C(C)CC(O)CO)c(C)c1. The van der Waals surface area contributed by atoms with Crippen LogP contribution in [0.5, 0.6) is 5.75 Å². The topological polar surface area (TPSA) is 49.7 Å². The van der Waals surface area contributed by atoms with E-state index >= 15 is 0 Å². The summed E-state index contributed by atoms with van der Waals surface area (Å²) in [6.45, 7) is 8.66. The zero-order valence-corrected chi connectivity index (χ0v) is 11.7. The van der Waals surface area contributed by atoms with Crippen molar-refractivity contribution in [3.63, 3.8) is 0 Å². The van der Waals surface area contributed by atoms with E-state index in [4.69, 9.17) is 9.84 Å². The van der Waals surface area contributed by atoms with Gasteiger partial charge in [-0.1, -0.05) is 6.92 Å². The van der Waals surface area contributed by atoms with Crippen molar-refractivity contribution in [2.45, 2.75) is 46.1 Å². The van der Waals surface area contributed by atoms with Crippen LogP contribution in [-0.4, -0.2) is 29.5 Å². The van der Waals surface area contributed by atoms with Gasteiger partial charge in [-0.15, -0.1) is 0 Å². The van der Waals surface area contributed by atoms with Crippen LogP contribution in [0.1, 0.15) is 42.9 Å². The second-order valence-corrected chi connectivity index (χ2v) is 4.88. The van der Waals surface area contributed by atoms with Crippen molar-refractivity contribution in [1.82, 2.24) is 0 Å². The van der Waals surface area contributed by atoms with Gasteiger partial charge in [0.15, 0.2) is 0 Å². The molecule has 0 spiro atoms. The van der Waals surface area contributed by atoms with E-state index in [0.29, 0.717) is 13.0 Å². The van der Waals surface area contributed by atoms with E-state index in [9.17, 15) is 5.11 Å². The maximum absolute atomic E-state index is 9.54. The highest BCUT2D eigenvalue weighted by Crippen LogP contribution is 2.30. The molecule has 0 radical (unpaired) electrons. The average Bonchev–Trinajstić information content (AvgIpc) is 2.28. The van der Waals surface area contributed by atoms with Gasteiger partial charge < -0.3 is 14.9 Å². The molecule has 102 valence electrons. The van der Waals surface area contributed by atoms with Gasteiger partial charge in [0.05, 0.1) is 19.3 Å². The first-order chi connectivity index (χ1) is 8.49. The standard InChI is InChI=1S/C15H24O3/c1-5-18-14-7-11(3)15(12(4)8-14)10(2)6-13(17)9-16/h7-8,10,13,16-17H,5-6,9H2,1-4H3. The molecular formula is C15H24O3. The van der Waals surface area contributed by atoms with E-state index in [1.54, 1.807) is 0 Å². The number of aliphatic hydroxyl groups is 2. The summed E-state index contributed by atoms with van der Waals surface area (Å²) in [7, 11) is 0. The summed E-state index contributed by atoms with van der Waals surface area (Å²) in [5.41, 5.74) is 3.60. The average molecular weight is 252 g/mol. The number of ether oxygens (including phenoxy) is 1. The van der Waals surface area contributed by atoms with Crippen LogP contribution in [0.3, 0.4) is 0 Å². The first kappa shape index (κ1) is 15.0. The summed E-state index contributed by atoms with van der Waals surface area (Å²) in [6, 6.07) is 4.07. The lowest BCUT2D eigenvalue weighted by molar-refractivity contribution is 0.0834. The maximum atomic E-state index is 9.54. The van der Waals surface area contributed by atoms with Gasteiger partial charge in [-0.05, 0) is 61.9 Å². The molecule has 3 heteroatoms. The van der Waals surface area contributed by atoms with Crippen LogP contribution >= 0.6 is 0 Å². The van der Waals surface area contributed by atoms with Crippen LogP contribution < -0.4 is 4.74 Å². The fraction of sp³-hybridized carbons (Fsp3) is 0.600. The van der Waals surface area contributed by atoms with Gasteiger partial charge in [-0.3, -0.25) is 0 Å². The third kappa shape index (κ3) is 3.72. The second-order valence-electron chi connectivity index (χ2n) is 4.88. The van der Waals surface area contributed by atoms with Gasteiger partial charge in [-0.25, -0.2) is 0 Å². The van der Waals surface area contributed by atoms with Crippen LogP contribution in [0.15, 0.2) is 12.1 Å². The highest BCUT2D eigenvalue weighted by molar-refractivity contribution is 5.43. The molecule has 18 heavy (non-hydrogen) atoms. The summed E-state index contributed by atoms with van der Waals surface area (Å²) in [4.78, 5) is 0. The first-order valence-corrected chi connectivity index (χ1v) is 6.52. The van der Waals surface area contributed by atoms with Gasteiger partial charge in [0.1, 0.15) is 5.75 Å². The third-order valence-electron chi connectivity index (χ3n) is 3.21. The fourth-order valence-electron chi connectivity index (χ4n) is 2.56. The molecule has 0 saturated carbocycles. The zero-order chi connectivity index (χ0) is 13.7. The van der Waals surface area contributed by atoms with E-state index in [1.807, 2.05) is 19.1 Å². The number of aliphatic hydroxyl groups excluding tert-OH is 2. The number of aryl methyl sites for hydroxylation is 2. The molecule has 2 atom stereocenters. The first-order valence-electron chi connectivity index (χ1n) is 6.52. The van der Waals surface area contributed by atoms with E-state index < -0.39 is 6.10 Å². The number of rotatable bonds is 6. The van der Waals surface area contributed by atoms with Crippen molar-refractivity contribution in [3.05, 3.63) is 28.8 Å². The quantitative estimate of drug-likeness (QED) is 0.818. The van der Waals surface area contributed by atoms with Gasteiger partial charge in [-0.2, -0.15) is 0 Å². The molecule has 0 bridgehead atoms. The number of hydrogen-bond donors (Lipinski definition) is 2. The van der Waals surface area contributed by atoms with E-state index in [2.05, 4.69) is 20.8 Å². The molecule has 0 heterocycles. The monoisotopic (exact) mass is 252 g/mol. The van der Waals surface area contributed by atoms with Crippen LogP contribution in [0.2, 0.25) is 0 Å². The Bertz CT molecular complexity index is 364. The molecule has 0 aliphatic rings. The minimum absolute atomic E-state index is 0.181. The Hall–Kier alpha value is -1.06. The Morgan fingerprint density at radius 3 is 2.22 bits per heavy atom. The lowest BCUT2D eigenvalue weighted by atomic mass is 9.88. The van der Waals surface area contributed by atoms with Crippen molar-refractivity contribution in [1.29, 1.82) is 0 Å². The Kier molecular flexibility index (Phi) is 5.63. The second kappa shape index (κ2) is 6.76. The Morgan fingerprint density at radius 1 is 1.22 bits per heavy atom. The van der Waals surface area contributed by atoms with Crippen molar-refractivity contribution < 1.29 is 14.9 Å². The summed E-state index contributed by atoms with van der Waals surface area (Å²) in [6.07, 6.45) is -0.0722. The molecular weight excluding hydrogens is 228 g/mol. The molecule has 0 aliphatic heterocycles. The van der Waals surface area contributed by atoms with Crippen LogP contribution in [0.4, 0.5) is 0 Å². The lowest BCUT2D eigenvalue weighted by Gasteiger charge is -2.20. The van der Waals surface area contributed by atoms with Gasteiger partial charge in [0.25, 0.3) is 0 Å². The predicted molar refractivity (Wildman–Crippen MR) is 73.2 cm³/mol. The van der Waals surface area contributed by atoms with Crippen LogP contribution in [-0.2, 0) is 0 Å². The van der Waals surface area contributed by atoms with Gasteiger partial charge in [0.2, 0.25) is 0 Å². The summed E-state index contributed by atoms with van der Waals surface area (Å²) >= 11 is 0. The molecule has 0 aliphatic carbocycles. The zero-order valence-electron chi connectivity index (χ0n) is 11.7. The smallest absolute Gasteiger partial charge is 0.119 e. The molecule has 0 amide bonds. The molecule has 3 nitrogen and oxygen atoms in total. The van der Waals surface area contributed by atoms with Crippen molar-refractivity contribution >= 4 is 0 Å². The molecule has 1 aromatic carbocycles. The predicted octanol–water partition coefficient (Wildman–Crippen LogP) is 2.55. The van der Waals surface area contributed by atoms with Crippen LogP contribution in [0.25, 0.3) is 0 Å². The minimum Gasteiger partial charge on any atom is -0.494 e. The van der Waals surface area contributed by atoms with Crippen molar-refractivity contribution in [3.8, 4) is 5.75 Å². The third-order valence-corrected chi connectivity index (χ3v) is 3.21. The van der Waals surface area contributed by atoms with Crippen molar-refractivity contribution in [2.75, 3.05) is 13.2 Å². The van der Waals surface area contributed by atoms with Gasteiger partial charge >= 0.3 is 0 Å². The molecule has 1 aromatic rings. The van der Waals surface area contributed by atoms with Gasteiger partial charge in [0, 0.05) is 0 Å². The maximum Gasteiger partial charge on any atom is 0.119 e. The normalized spacial score (nSPS) is 14.3.